The van der Waals surface area contributed by atoms with E-state index >= 15 is 0 Å². The third-order valence-electron chi connectivity index (χ3n) is 5.22. The largest absolute Gasteiger partial charge is 0.508 e. The normalized spacial score (nSPS) is 15.5. The SMILES string of the molecule is O=C(c1ccc(O)cc1)c1c(CC2CCCCC2)oc2ccccc12. The van der Waals surface area contributed by atoms with Gasteiger partial charge >= 0.3 is 0 Å². The van der Waals surface area contributed by atoms with Crippen LogP contribution in [0.3, 0.4) is 0 Å². The lowest BCUT2D eigenvalue weighted by Gasteiger charge is -2.20. The number of phenols is 1. The highest BCUT2D eigenvalue weighted by Crippen LogP contribution is 2.33. The molecule has 25 heavy (non-hydrogen) atoms. The quantitative estimate of drug-likeness (QED) is 0.642. The molecule has 0 spiro atoms. The minimum absolute atomic E-state index is 0.0317. The van der Waals surface area contributed by atoms with Gasteiger partial charge in [-0.2, -0.15) is 0 Å². The topological polar surface area (TPSA) is 50.4 Å². The fourth-order valence-electron chi connectivity index (χ4n) is 3.90. The summed E-state index contributed by atoms with van der Waals surface area (Å²) in [6.07, 6.45) is 7.11. The molecular formula is C22H22O3. The Morgan fingerprint density at radius 1 is 1.00 bits per heavy atom. The van der Waals surface area contributed by atoms with Crippen molar-refractivity contribution in [2.75, 3.05) is 0 Å². The van der Waals surface area contributed by atoms with Crippen LogP contribution in [0.4, 0.5) is 0 Å². The Hall–Kier alpha value is -2.55. The van der Waals surface area contributed by atoms with Crippen molar-refractivity contribution in [1.29, 1.82) is 0 Å². The molecule has 1 heterocycles. The summed E-state index contributed by atoms with van der Waals surface area (Å²) in [7, 11) is 0. The summed E-state index contributed by atoms with van der Waals surface area (Å²) in [5, 5.41) is 10.4. The van der Waals surface area contributed by atoms with Gasteiger partial charge < -0.3 is 9.52 Å². The molecule has 1 N–H and O–H groups in total. The zero-order valence-electron chi connectivity index (χ0n) is 14.2. The molecule has 0 bridgehead atoms. The van der Waals surface area contributed by atoms with Crippen LogP contribution in [0.25, 0.3) is 11.0 Å². The summed E-state index contributed by atoms with van der Waals surface area (Å²) < 4.78 is 6.10. The van der Waals surface area contributed by atoms with E-state index in [9.17, 15) is 9.90 Å². The van der Waals surface area contributed by atoms with Gasteiger partial charge in [-0.05, 0) is 36.2 Å². The van der Waals surface area contributed by atoms with Crippen LogP contribution >= 0.6 is 0 Å². The van der Waals surface area contributed by atoms with Crippen LogP contribution < -0.4 is 0 Å². The van der Waals surface area contributed by atoms with Crippen LogP contribution in [0.5, 0.6) is 5.75 Å². The molecule has 0 atom stereocenters. The summed E-state index contributed by atoms with van der Waals surface area (Å²) in [6, 6.07) is 14.2. The lowest BCUT2D eigenvalue weighted by molar-refractivity contribution is 0.103. The van der Waals surface area contributed by atoms with Crippen molar-refractivity contribution in [2.24, 2.45) is 5.92 Å². The van der Waals surface area contributed by atoms with E-state index in [2.05, 4.69) is 0 Å². The number of para-hydroxylation sites is 1. The van der Waals surface area contributed by atoms with Crippen LogP contribution in [-0.4, -0.2) is 10.9 Å². The van der Waals surface area contributed by atoms with Crippen LogP contribution in [-0.2, 0) is 6.42 Å². The van der Waals surface area contributed by atoms with Crippen LogP contribution in [0.2, 0.25) is 0 Å². The predicted octanol–water partition coefficient (Wildman–Crippen LogP) is 5.49. The third-order valence-corrected chi connectivity index (χ3v) is 5.22. The Kier molecular flexibility index (Phi) is 4.31. The standard InChI is InChI=1S/C22H22O3/c23-17-12-10-16(11-13-17)22(24)21-18-8-4-5-9-19(18)25-20(21)14-15-6-2-1-3-7-15/h4-5,8-13,15,23H,1-3,6-7,14H2. The molecule has 0 radical (unpaired) electrons. The Bertz CT molecular complexity index is 883. The molecule has 1 aliphatic carbocycles. The molecule has 1 saturated carbocycles. The fourth-order valence-corrected chi connectivity index (χ4v) is 3.90. The molecule has 2 aromatic carbocycles. The zero-order chi connectivity index (χ0) is 17.2. The third kappa shape index (κ3) is 3.19. The monoisotopic (exact) mass is 334 g/mol. The number of aromatic hydroxyl groups is 1. The maximum absolute atomic E-state index is 13.2. The molecule has 1 fully saturated rings. The number of ketones is 1. The average molecular weight is 334 g/mol. The molecule has 1 aliphatic rings. The summed E-state index contributed by atoms with van der Waals surface area (Å²) in [5.74, 6) is 1.54. The van der Waals surface area contributed by atoms with E-state index in [1.54, 1.807) is 24.3 Å². The van der Waals surface area contributed by atoms with Crippen LogP contribution in [0.15, 0.2) is 52.9 Å². The molecule has 1 aromatic heterocycles. The van der Waals surface area contributed by atoms with Crippen molar-refractivity contribution in [3.8, 4) is 5.75 Å². The second kappa shape index (κ2) is 6.75. The minimum atomic E-state index is -0.0317. The summed E-state index contributed by atoms with van der Waals surface area (Å²) in [5.41, 5.74) is 2.04. The van der Waals surface area contributed by atoms with E-state index in [-0.39, 0.29) is 11.5 Å². The van der Waals surface area contributed by atoms with Gasteiger partial charge in [0.05, 0.1) is 5.56 Å². The van der Waals surface area contributed by atoms with Gasteiger partial charge in [0.2, 0.25) is 0 Å². The van der Waals surface area contributed by atoms with Gasteiger partial charge in [0.15, 0.2) is 5.78 Å². The first kappa shape index (κ1) is 15.9. The number of benzene rings is 2. The molecule has 0 unspecified atom stereocenters. The van der Waals surface area contributed by atoms with Gasteiger partial charge in [0.25, 0.3) is 0 Å². The first-order chi connectivity index (χ1) is 12.2. The Balaban J connectivity index is 1.75. The average Bonchev–Trinajstić information content (AvgIpc) is 3.00. The van der Waals surface area contributed by atoms with Gasteiger partial charge in [-0.1, -0.05) is 50.3 Å². The molecule has 0 saturated heterocycles. The Morgan fingerprint density at radius 2 is 1.72 bits per heavy atom. The van der Waals surface area contributed by atoms with E-state index < -0.39 is 0 Å². The van der Waals surface area contributed by atoms with Gasteiger partial charge in [-0.25, -0.2) is 0 Å². The molecule has 0 aliphatic heterocycles. The number of carbonyl (C=O) groups is 1. The molecular weight excluding hydrogens is 312 g/mol. The van der Waals surface area contributed by atoms with Crippen molar-refractivity contribution in [3.05, 3.63) is 65.4 Å². The second-order valence-electron chi connectivity index (χ2n) is 6.98. The molecule has 128 valence electrons. The van der Waals surface area contributed by atoms with Crippen molar-refractivity contribution < 1.29 is 14.3 Å². The van der Waals surface area contributed by atoms with Crippen molar-refractivity contribution >= 4 is 16.8 Å². The zero-order valence-corrected chi connectivity index (χ0v) is 14.2. The number of carbonyl (C=O) groups excluding carboxylic acids is 1. The van der Waals surface area contributed by atoms with E-state index in [0.29, 0.717) is 17.0 Å². The highest BCUT2D eigenvalue weighted by atomic mass is 16.3. The highest BCUT2D eigenvalue weighted by Gasteiger charge is 2.25. The summed E-state index contributed by atoms with van der Waals surface area (Å²) in [6.45, 7) is 0. The fraction of sp³-hybridized carbons (Fsp3) is 0.318. The number of rotatable bonds is 4. The van der Waals surface area contributed by atoms with E-state index in [0.717, 1.165) is 23.2 Å². The minimum Gasteiger partial charge on any atom is -0.508 e. The second-order valence-corrected chi connectivity index (χ2v) is 6.98. The Labute approximate surface area is 147 Å². The van der Waals surface area contributed by atoms with Gasteiger partial charge in [0.1, 0.15) is 17.1 Å². The van der Waals surface area contributed by atoms with Gasteiger partial charge in [0, 0.05) is 17.4 Å². The van der Waals surface area contributed by atoms with Crippen LogP contribution in [0.1, 0.15) is 53.8 Å². The van der Waals surface area contributed by atoms with Crippen molar-refractivity contribution in [1.82, 2.24) is 0 Å². The number of hydrogen-bond acceptors (Lipinski definition) is 3. The maximum Gasteiger partial charge on any atom is 0.197 e. The van der Waals surface area contributed by atoms with Crippen molar-refractivity contribution in [2.45, 2.75) is 38.5 Å². The smallest absolute Gasteiger partial charge is 0.197 e. The highest BCUT2D eigenvalue weighted by molar-refractivity contribution is 6.16. The summed E-state index contributed by atoms with van der Waals surface area (Å²) >= 11 is 0. The van der Waals surface area contributed by atoms with Crippen LogP contribution in [0, 0.1) is 5.92 Å². The number of hydrogen-bond donors (Lipinski definition) is 1. The summed E-state index contributed by atoms with van der Waals surface area (Å²) in [4.78, 5) is 13.2. The molecule has 3 heteroatoms. The number of phenolic OH excluding ortho intramolecular Hbond substituents is 1. The number of furan rings is 1. The van der Waals surface area contributed by atoms with E-state index in [4.69, 9.17) is 4.42 Å². The maximum atomic E-state index is 13.2. The Morgan fingerprint density at radius 3 is 2.48 bits per heavy atom. The van der Waals surface area contributed by atoms with E-state index in [1.165, 1.54) is 32.1 Å². The van der Waals surface area contributed by atoms with Crippen molar-refractivity contribution in [3.63, 3.8) is 0 Å². The molecule has 3 nitrogen and oxygen atoms in total. The first-order valence-corrected chi connectivity index (χ1v) is 9.06. The lowest BCUT2D eigenvalue weighted by atomic mass is 9.85. The first-order valence-electron chi connectivity index (χ1n) is 9.06. The lowest BCUT2D eigenvalue weighted by Crippen LogP contribution is -2.11. The van der Waals surface area contributed by atoms with Gasteiger partial charge in [-0.15, -0.1) is 0 Å². The molecule has 3 aromatic rings. The molecule has 0 amide bonds. The molecule has 4 rings (SSSR count). The van der Waals surface area contributed by atoms with E-state index in [1.807, 2.05) is 24.3 Å². The van der Waals surface area contributed by atoms with Gasteiger partial charge in [-0.3, -0.25) is 4.79 Å². The predicted molar refractivity (Wildman–Crippen MR) is 98.0 cm³/mol. The number of fused-ring (bicyclic) bond motifs is 1.